The Morgan fingerprint density at radius 1 is 1.17 bits per heavy atom. The van der Waals surface area contributed by atoms with Crippen molar-refractivity contribution in [3.05, 3.63) is 78.7 Å². The van der Waals surface area contributed by atoms with Crippen molar-refractivity contribution < 1.29 is 5.11 Å². The number of fused-ring (bicyclic) bond motifs is 1. The Hall–Kier alpha value is -3.18. The molecule has 0 saturated heterocycles. The summed E-state index contributed by atoms with van der Waals surface area (Å²) in [7, 11) is 3.28. The van der Waals surface area contributed by atoms with E-state index in [0.717, 1.165) is 16.7 Å². The Morgan fingerprint density at radius 3 is 2.63 bits per heavy atom. The van der Waals surface area contributed by atoms with Crippen LogP contribution in [0.5, 0.6) is 0 Å². The van der Waals surface area contributed by atoms with E-state index in [9.17, 15) is 14.7 Å². The summed E-state index contributed by atoms with van der Waals surface area (Å²) in [6.45, 7) is 0.0372. The molecule has 0 bridgehead atoms. The van der Waals surface area contributed by atoms with Gasteiger partial charge in [0.15, 0.2) is 11.2 Å². The predicted molar refractivity (Wildman–Crippen MR) is 134 cm³/mol. The van der Waals surface area contributed by atoms with Gasteiger partial charge in [-0.2, -0.15) is 4.98 Å². The van der Waals surface area contributed by atoms with E-state index in [1.54, 1.807) is 49.1 Å². The highest BCUT2D eigenvalue weighted by molar-refractivity contribution is 6.42. The zero-order valence-electron chi connectivity index (χ0n) is 18.9. The van der Waals surface area contributed by atoms with Gasteiger partial charge in [-0.25, -0.2) is 4.79 Å². The number of nitrogens with one attached hydrogen (secondary N) is 1. The first kappa shape index (κ1) is 23.6. The number of pyridine rings is 1. The molecule has 4 N–H and O–H groups in total. The lowest BCUT2D eigenvalue weighted by Gasteiger charge is -2.10. The maximum absolute atomic E-state index is 13.4. The molecule has 5 rings (SSSR count). The molecule has 0 aliphatic heterocycles. The molecule has 4 aromatic rings. The molecule has 182 valence electrons. The Labute approximate surface area is 209 Å². The molecule has 12 heteroatoms. The van der Waals surface area contributed by atoms with Crippen LogP contribution < -0.4 is 22.3 Å². The van der Waals surface area contributed by atoms with E-state index < -0.39 is 17.5 Å². The second kappa shape index (κ2) is 8.80. The van der Waals surface area contributed by atoms with Crippen molar-refractivity contribution in [1.82, 2.24) is 23.7 Å². The molecule has 1 fully saturated rings. The number of imidazole rings is 1. The quantitative estimate of drug-likeness (QED) is 0.335. The van der Waals surface area contributed by atoms with E-state index in [2.05, 4.69) is 15.3 Å². The summed E-state index contributed by atoms with van der Waals surface area (Å²) in [5, 5.41) is 13.6. The molecule has 35 heavy (non-hydrogen) atoms. The van der Waals surface area contributed by atoms with Crippen LogP contribution in [0.3, 0.4) is 0 Å². The van der Waals surface area contributed by atoms with E-state index in [0.29, 0.717) is 27.2 Å². The SMILES string of the molecule is Cn1c(Nc2ccnc([C@H]3C[C@@H]3C(N)O)c2)nc2c1c(=O)n(Cc1ccc(Cl)c(Cl)c1)c(=O)n2C. The van der Waals surface area contributed by atoms with Crippen molar-refractivity contribution in [2.75, 3.05) is 5.32 Å². The number of benzene rings is 1. The highest BCUT2D eigenvalue weighted by Crippen LogP contribution is 2.48. The van der Waals surface area contributed by atoms with E-state index in [4.69, 9.17) is 28.9 Å². The van der Waals surface area contributed by atoms with Crippen molar-refractivity contribution in [2.24, 2.45) is 25.7 Å². The van der Waals surface area contributed by atoms with Gasteiger partial charge in [0.05, 0.1) is 16.6 Å². The van der Waals surface area contributed by atoms with Crippen LogP contribution in [0, 0.1) is 5.92 Å². The third kappa shape index (κ3) is 4.23. The lowest BCUT2D eigenvalue weighted by atomic mass is 10.2. The van der Waals surface area contributed by atoms with Crippen LogP contribution in [0.15, 0.2) is 46.1 Å². The number of aromatic nitrogens is 5. The largest absolute Gasteiger partial charge is 0.379 e. The Bertz CT molecular complexity index is 1570. The highest BCUT2D eigenvalue weighted by Gasteiger charge is 2.43. The summed E-state index contributed by atoms with van der Waals surface area (Å²) in [5.74, 6) is 0.492. The van der Waals surface area contributed by atoms with Crippen LogP contribution >= 0.6 is 23.2 Å². The third-order valence-electron chi connectivity index (χ3n) is 6.38. The number of halogens is 2. The number of nitrogens with zero attached hydrogens (tertiary/aromatic N) is 5. The number of hydrogen-bond donors (Lipinski definition) is 3. The minimum atomic E-state index is -0.870. The van der Waals surface area contributed by atoms with Gasteiger partial charge in [0, 0.05) is 43.5 Å². The number of aliphatic hydroxyl groups is 1. The van der Waals surface area contributed by atoms with Gasteiger partial charge in [-0.3, -0.25) is 18.9 Å². The lowest BCUT2D eigenvalue weighted by Crippen LogP contribution is -2.39. The Morgan fingerprint density at radius 2 is 1.94 bits per heavy atom. The molecular weight excluding hydrogens is 493 g/mol. The van der Waals surface area contributed by atoms with Crippen molar-refractivity contribution in [3.63, 3.8) is 0 Å². The van der Waals surface area contributed by atoms with Gasteiger partial charge in [0.25, 0.3) is 5.56 Å². The monoisotopic (exact) mass is 515 g/mol. The van der Waals surface area contributed by atoms with Gasteiger partial charge in [-0.15, -0.1) is 0 Å². The van der Waals surface area contributed by atoms with Crippen LogP contribution in [0.4, 0.5) is 11.6 Å². The van der Waals surface area contributed by atoms with Gasteiger partial charge in [-0.05, 0) is 36.2 Å². The molecule has 1 unspecified atom stereocenters. The van der Waals surface area contributed by atoms with Gasteiger partial charge in [0.2, 0.25) is 5.95 Å². The maximum Gasteiger partial charge on any atom is 0.332 e. The highest BCUT2D eigenvalue weighted by atomic mass is 35.5. The van der Waals surface area contributed by atoms with Crippen LogP contribution in [0.2, 0.25) is 10.0 Å². The summed E-state index contributed by atoms with van der Waals surface area (Å²) >= 11 is 12.1. The van der Waals surface area contributed by atoms with Gasteiger partial charge in [-0.1, -0.05) is 29.3 Å². The minimum Gasteiger partial charge on any atom is -0.379 e. The molecule has 0 spiro atoms. The van der Waals surface area contributed by atoms with E-state index in [1.807, 2.05) is 6.07 Å². The molecule has 3 aromatic heterocycles. The third-order valence-corrected chi connectivity index (χ3v) is 7.12. The number of nitrogens with two attached hydrogens (primary N) is 1. The summed E-state index contributed by atoms with van der Waals surface area (Å²) in [4.78, 5) is 35.3. The topological polar surface area (TPSA) is 133 Å². The number of rotatable bonds is 6. The average Bonchev–Trinajstić information content (AvgIpc) is 3.57. The maximum atomic E-state index is 13.4. The fraction of sp³-hybridized carbons (Fsp3) is 0.304. The number of hydrogen-bond acceptors (Lipinski definition) is 7. The molecule has 3 atom stereocenters. The Kier molecular flexibility index (Phi) is 5.92. The summed E-state index contributed by atoms with van der Waals surface area (Å²) in [6, 6.07) is 8.62. The van der Waals surface area contributed by atoms with Crippen LogP contribution in [0.1, 0.15) is 23.6 Å². The number of aliphatic hydroxyl groups excluding tert-OH is 1. The van der Waals surface area contributed by atoms with Crippen LogP contribution in [-0.4, -0.2) is 35.0 Å². The minimum absolute atomic E-state index is 0.00277. The normalized spacial score (nSPS) is 18.1. The van der Waals surface area contributed by atoms with E-state index >= 15 is 0 Å². The fourth-order valence-corrected chi connectivity index (χ4v) is 4.63. The summed E-state index contributed by atoms with van der Waals surface area (Å²) < 4.78 is 4.10. The van der Waals surface area contributed by atoms with Crippen molar-refractivity contribution in [1.29, 1.82) is 0 Å². The molecule has 0 radical (unpaired) electrons. The van der Waals surface area contributed by atoms with Crippen LogP contribution in [0.25, 0.3) is 11.2 Å². The van der Waals surface area contributed by atoms with Gasteiger partial charge < -0.3 is 20.7 Å². The standard InChI is InChI=1S/C23H23Cl2N7O3/c1-30-18-20(29-22(30)28-12-5-6-27-17(8-12)13-9-14(13)19(26)33)31(2)23(35)32(21(18)34)10-11-3-4-15(24)16(25)7-11/h3-8,13-14,19,33H,9-10,26H2,1-2H3,(H,27,28,29)/t13-,14-,19?/m0/s1. The first-order chi connectivity index (χ1) is 16.7. The first-order valence-corrected chi connectivity index (χ1v) is 11.7. The van der Waals surface area contributed by atoms with Gasteiger partial charge in [0.1, 0.15) is 6.23 Å². The van der Waals surface area contributed by atoms with E-state index in [-0.39, 0.29) is 29.5 Å². The molecule has 3 heterocycles. The van der Waals surface area contributed by atoms with Crippen molar-refractivity contribution in [2.45, 2.75) is 25.1 Å². The van der Waals surface area contributed by atoms with Crippen LogP contribution in [-0.2, 0) is 20.6 Å². The number of anilines is 2. The summed E-state index contributed by atoms with van der Waals surface area (Å²) in [5.41, 5.74) is 7.37. The zero-order chi connectivity index (χ0) is 25.0. The van der Waals surface area contributed by atoms with Gasteiger partial charge >= 0.3 is 5.69 Å². The number of aryl methyl sites for hydroxylation is 2. The summed E-state index contributed by atoms with van der Waals surface area (Å²) in [6.07, 6.45) is 1.57. The molecule has 10 nitrogen and oxygen atoms in total. The predicted octanol–water partition coefficient (Wildman–Crippen LogP) is 2.31. The second-order valence-electron chi connectivity index (χ2n) is 8.74. The Balaban J connectivity index is 1.51. The molecule has 1 aromatic carbocycles. The van der Waals surface area contributed by atoms with Crippen molar-refractivity contribution in [3.8, 4) is 0 Å². The van der Waals surface area contributed by atoms with E-state index in [1.165, 1.54) is 4.57 Å². The fourth-order valence-electron chi connectivity index (χ4n) is 4.31. The second-order valence-corrected chi connectivity index (χ2v) is 9.55. The van der Waals surface area contributed by atoms with Crippen molar-refractivity contribution >= 4 is 46.0 Å². The zero-order valence-corrected chi connectivity index (χ0v) is 20.5. The molecule has 0 amide bonds. The molecule has 1 saturated carbocycles. The molecular formula is C23H23Cl2N7O3. The molecule has 1 aliphatic rings. The average molecular weight is 516 g/mol. The molecule has 1 aliphatic carbocycles. The first-order valence-electron chi connectivity index (χ1n) is 10.9. The lowest BCUT2D eigenvalue weighted by molar-refractivity contribution is 0.156. The smallest absolute Gasteiger partial charge is 0.332 e.